The van der Waals surface area contributed by atoms with Gasteiger partial charge in [0.1, 0.15) is 5.75 Å². The largest absolute Gasteiger partial charge is 0.507 e. The number of rotatable bonds is 0. The van der Waals surface area contributed by atoms with E-state index in [1.54, 1.807) is 18.2 Å². The van der Waals surface area contributed by atoms with Crippen molar-refractivity contribution in [3.63, 3.8) is 0 Å². The lowest BCUT2D eigenvalue weighted by molar-refractivity contribution is 0.474. The molecule has 1 atom stereocenters. The van der Waals surface area contributed by atoms with Crippen molar-refractivity contribution in [1.82, 2.24) is 0 Å². The Morgan fingerprint density at radius 1 is 1.30 bits per heavy atom. The molecule has 0 aliphatic heterocycles. The molecule has 0 aliphatic rings. The molecule has 2 heteroatoms. The zero-order chi connectivity index (χ0) is 7.40. The average Bonchev–Trinajstić information content (AvgIpc) is 1.94. The molecular weight excluding hydrogens is 143 g/mol. The van der Waals surface area contributed by atoms with Gasteiger partial charge in [0.05, 0.1) is 5.56 Å². The smallest absolute Gasteiger partial charge is 0.131 e. The lowest BCUT2D eigenvalue weighted by Crippen LogP contribution is -1.72. The molecule has 50 valence electrons. The summed E-state index contributed by atoms with van der Waals surface area (Å²) in [7, 11) is 2.28. The molecule has 0 bridgehead atoms. The minimum atomic E-state index is 0.234. The van der Waals surface area contributed by atoms with Crippen molar-refractivity contribution >= 4 is 9.24 Å². The van der Waals surface area contributed by atoms with Crippen LogP contribution in [0.25, 0.3) is 0 Å². The lowest BCUT2D eigenvalue weighted by atomic mass is 10.2. The summed E-state index contributed by atoms with van der Waals surface area (Å²) in [6.07, 6.45) is 0. The first-order valence-electron chi connectivity index (χ1n) is 2.84. The third-order valence-electron chi connectivity index (χ3n) is 1.11. The van der Waals surface area contributed by atoms with Crippen LogP contribution in [-0.2, 0) is 0 Å². The molecule has 0 spiro atoms. The molecule has 0 fully saturated rings. The van der Waals surface area contributed by atoms with Gasteiger partial charge in [0, 0.05) is 0 Å². The van der Waals surface area contributed by atoms with Gasteiger partial charge in [-0.1, -0.05) is 33.0 Å². The van der Waals surface area contributed by atoms with E-state index in [0.29, 0.717) is 5.56 Å². The second kappa shape index (κ2) is 3.25. The number of para-hydroxylation sites is 1. The number of phenols is 1. The Morgan fingerprint density at radius 3 is 2.60 bits per heavy atom. The van der Waals surface area contributed by atoms with Gasteiger partial charge in [-0.3, -0.25) is 0 Å². The first-order valence-corrected chi connectivity index (χ1v) is 3.42. The molecule has 1 unspecified atom stereocenters. The van der Waals surface area contributed by atoms with E-state index in [2.05, 4.69) is 20.8 Å². The van der Waals surface area contributed by atoms with E-state index in [1.165, 1.54) is 0 Å². The lowest BCUT2D eigenvalue weighted by Gasteiger charge is -1.92. The maximum atomic E-state index is 9.13. The van der Waals surface area contributed by atoms with Crippen LogP contribution in [0.2, 0.25) is 0 Å². The van der Waals surface area contributed by atoms with Crippen molar-refractivity contribution < 1.29 is 5.11 Å². The van der Waals surface area contributed by atoms with Crippen molar-refractivity contribution in [2.45, 2.75) is 0 Å². The average molecular weight is 150 g/mol. The first kappa shape index (κ1) is 7.12. The predicted octanol–water partition coefficient (Wildman–Crippen LogP) is 1.58. The molecule has 0 amide bonds. The summed E-state index contributed by atoms with van der Waals surface area (Å²) in [4.78, 5) is 0. The molecule has 1 aromatic carbocycles. The van der Waals surface area contributed by atoms with Crippen molar-refractivity contribution in [2.75, 3.05) is 0 Å². The summed E-state index contributed by atoms with van der Waals surface area (Å²) in [5, 5.41) is 9.13. The van der Waals surface area contributed by atoms with Crippen molar-refractivity contribution in [2.24, 2.45) is 0 Å². The summed E-state index contributed by atoms with van der Waals surface area (Å²) in [6, 6.07) is 6.99. The highest BCUT2D eigenvalue weighted by atomic mass is 31.0. The van der Waals surface area contributed by atoms with Gasteiger partial charge in [-0.25, -0.2) is 0 Å². The minimum Gasteiger partial charge on any atom is -0.507 e. The molecule has 1 aromatic rings. The summed E-state index contributed by atoms with van der Waals surface area (Å²) in [6.45, 7) is 0. The number of benzene rings is 1. The van der Waals surface area contributed by atoms with Crippen LogP contribution >= 0.6 is 9.24 Å². The Bertz CT molecular complexity index is 283. The summed E-state index contributed by atoms with van der Waals surface area (Å²) in [5.74, 6) is 2.97. The van der Waals surface area contributed by atoms with E-state index in [-0.39, 0.29) is 5.75 Å². The molecular formula is C8H7OP. The van der Waals surface area contributed by atoms with Gasteiger partial charge in [-0.2, -0.15) is 0 Å². The maximum absolute atomic E-state index is 9.13. The van der Waals surface area contributed by atoms with Gasteiger partial charge >= 0.3 is 0 Å². The van der Waals surface area contributed by atoms with Crippen LogP contribution in [0.3, 0.4) is 0 Å². The Morgan fingerprint density at radius 2 is 2.00 bits per heavy atom. The van der Waals surface area contributed by atoms with Crippen LogP contribution in [0.4, 0.5) is 0 Å². The van der Waals surface area contributed by atoms with Crippen LogP contribution < -0.4 is 0 Å². The van der Waals surface area contributed by atoms with E-state index in [9.17, 15) is 0 Å². The topological polar surface area (TPSA) is 20.2 Å². The third-order valence-corrected chi connectivity index (χ3v) is 1.26. The number of phenolic OH excluding ortho intramolecular Hbond substituents is 1. The Kier molecular flexibility index (Phi) is 2.31. The second-order valence-electron chi connectivity index (χ2n) is 1.79. The summed E-state index contributed by atoms with van der Waals surface area (Å²) < 4.78 is 0. The van der Waals surface area contributed by atoms with Gasteiger partial charge in [0.2, 0.25) is 0 Å². The maximum Gasteiger partial charge on any atom is 0.131 e. The van der Waals surface area contributed by atoms with Gasteiger partial charge in [0.15, 0.2) is 0 Å². The number of hydrogen-bond donors (Lipinski definition) is 1. The summed E-state index contributed by atoms with van der Waals surface area (Å²) in [5.41, 5.74) is 3.30. The zero-order valence-corrected chi connectivity index (χ0v) is 6.49. The van der Waals surface area contributed by atoms with Crippen molar-refractivity contribution in [3.8, 4) is 17.3 Å². The zero-order valence-electron chi connectivity index (χ0n) is 5.33. The number of hydrogen-bond acceptors (Lipinski definition) is 1. The van der Waals surface area contributed by atoms with Gasteiger partial charge in [-0.05, 0) is 12.1 Å². The van der Waals surface area contributed by atoms with E-state index in [1.807, 2.05) is 6.07 Å². The summed E-state index contributed by atoms with van der Waals surface area (Å²) >= 11 is 0. The molecule has 0 saturated carbocycles. The fourth-order valence-electron chi connectivity index (χ4n) is 0.657. The van der Waals surface area contributed by atoms with Crippen molar-refractivity contribution in [1.29, 1.82) is 0 Å². The molecule has 10 heavy (non-hydrogen) atoms. The normalized spacial score (nSPS) is 8.10. The second-order valence-corrected chi connectivity index (χ2v) is 2.08. The van der Waals surface area contributed by atoms with Crippen molar-refractivity contribution in [3.05, 3.63) is 29.8 Å². The Labute approximate surface area is 62.3 Å². The van der Waals surface area contributed by atoms with Gasteiger partial charge < -0.3 is 5.11 Å². The Hall–Kier alpha value is -0.990. The highest BCUT2D eigenvalue weighted by Crippen LogP contribution is 2.13. The van der Waals surface area contributed by atoms with Gasteiger partial charge in [0.25, 0.3) is 0 Å². The standard InChI is InChI=1S/C8H7OP/c9-8-4-2-1-3-7(8)5-6-10/h1-4,9H,10H2. The SMILES string of the molecule is Oc1ccccc1C#CP. The molecule has 1 nitrogen and oxygen atoms in total. The molecule has 0 aromatic heterocycles. The molecule has 0 saturated heterocycles. The first-order chi connectivity index (χ1) is 4.84. The van der Waals surface area contributed by atoms with E-state index >= 15 is 0 Å². The van der Waals surface area contributed by atoms with E-state index in [0.717, 1.165) is 0 Å². The molecule has 0 heterocycles. The van der Waals surface area contributed by atoms with E-state index in [4.69, 9.17) is 5.11 Å². The van der Waals surface area contributed by atoms with Crippen LogP contribution in [0.15, 0.2) is 24.3 Å². The Balaban J connectivity index is 3.11. The quantitative estimate of drug-likeness (QED) is 0.439. The van der Waals surface area contributed by atoms with E-state index < -0.39 is 0 Å². The molecule has 1 rings (SSSR count). The van der Waals surface area contributed by atoms with Gasteiger partial charge in [-0.15, -0.1) is 0 Å². The van der Waals surface area contributed by atoms with Crippen LogP contribution in [0.1, 0.15) is 5.56 Å². The molecule has 1 N–H and O–H groups in total. The monoisotopic (exact) mass is 150 g/mol. The van der Waals surface area contributed by atoms with Crippen LogP contribution in [0, 0.1) is 11.6 Å². The van der Waals surface area contributed by atoms with Crippen LogP contribution in [0.5, 0.6) is 5.75 Å². The highest BCUT2D eigenvalue weighted by Gasteiger charge is 1.91. The fraction of sp³-hybridized carbons (Fsp3) is 0. The molecule has 0 radical (unpaired) electrons. The third kappa shape index (κ3) is 1.50. The molecule has 0 aliphatic carbocycles. The minimum absolute atomic E-state index is 0.234. The predicted molar refractivity (Wildman–Crippen MR) is 44.7 cm³/mol. The number of aromatic hydroxyl groups is 1. The highest BCUT2D eigenvalue weighted by molar-refractivity contribution is 7.23. The van der Waals surface area contributed by atoms with Crippen LogP contribution in [-0.4, -0.2) is 5.11 Å². The fourth-order valence-corrected chi connectivity index (χ4v) is 0.813.